The second-order valence-corrected chi connectivity index (χ2v) is 2.41. The van der Waals surface area contributed by atoms with Crippen LogP contribution >= 0.6 is 0 Å². The molecule has 0 spiro atoms. The molecule has 1 heterocycles. The zero-order chi connectivity index (χ0) is 10.2. The third-order valence-corrected chi connectivity index (χ3v) is 1.34. The minimum Gasteiger partial charge on any atom is -0.392 e. The van der Waals surface area contributed by atoms with Crippen LogP contribution in [-0.4, -0.2) is 9.97 Å². The molecule has 3 N–H and O–H groups in total. The predicted octanol–water partition coefficient (Wildman–Crippen LogP) is 0.679. The number of nitrogens with zero attached hydrogens (tertiary/aromatic N) is 1. The molecule has 0 saturated heterocycles. The van der Waals surface area contributed by atoms with E-state index in [4.69, 9.17) is 5.73 Å². The van der Waals surface area contributed by atoms with Gasteiger partial charge in [-0.2, -0.15) is 13.2 Å². The van der Waals surface area contributed by atoms with E-state index in [9.17, 15) is 18.0 Å². The first-order valence-corrected chi connectivity index (χ1v) is 3.26. The van der Waals surface area contributed by atoms with Gasteiger partial charge in [0.2, 0.25) is 0 Å². The van der Waals surface area contributed by atoms with Crippen LogP contribution in [0.3, 0.4) is 0 Å². The Morgan fingerprint density at radius 3 is 2.46 bits per heavy atom. The molecular formula is C6H6F3N3O. The van der Waals surface area contributed by atoms with Gasteiger partial charge in [-0.3, -0.25) is 4.79 Å². The lowest BCUT2D eigenvalue weighted by Gasteiger charge is -2.07. The second kappa shape index (κ2) is 2.75. The minimum absolute atomic E-state index is 0.119. The first-order valence-electron chi connectivity index (χ1n) is 3.26. The minimum atomic E-state index is -4.69. The number of aromatic amines is 1. The van der Waals surface area contributed by atoms with Crippen LogP contribution in [-0.2, 0) is 6.18 Å². The van der Waals surface area contributed by atoms with E-state index in [1.54, 1.807) is 0 Å². The molecule has 0 aliphatic rings. The Hall–Kier alpha value is -1.53. The summed E-state index contributed by atoms with van der Waals surface area (Å²) in [6.45, 7) is 1.25. The molecule has 0 atom stereocenters. The summed E-state index contributed by atoms with van der Waals surface area (Å²) in [7, 11) is 0. The molecule has 0 aromatic carbocycles. The molecule has 1 aromatic heterocycles. The molecule has 72 valence electrons. The van der Waals surface area contributed by atoms with E-state index in [0.717, 1.165) is 0 Å². The van der Waals surface area contributed by atoms with Crippen molar-refractivity contribution in [2.24, 2.45) is 0 Å². The summed E-state index contributed by atoms with van der Waals surface area (Å²) in [5.41, 5.74) is 1.70. The smallest absolute Gasteiger partial charge is 0.392 e. The summed E-state index contributed by atoms with van der Waals surface area (Å²) in [5.74, 6) is -0.119. The number of halogens is 3. The molecule has 0 saturated carbocycles. The standard InChI is InChI=1S/C6H6F3N3O/c1-2-11-4(6(7,8)9)3(10)5(13)12-2/h10H2,1H3,(H,11,12,13). The molecule has 1 aromatic rings. The van der Waals surface area contributed by atoms with Crippen LogP contribution in [0.25, 0.3) is 0 Å². The number of nitrogens with one attached hydrogen (secondary N) is 1. The SMILES string of the molecule is Cc1nc(C(F)(F)F)c(N)c(=O)[nH]1. The molecule has 0 aliphatic carbocycles. The number of nitrogen functional groups attached to an aromatic ring is 1. The van der Waals surface area contributed by atoms with E-state index < -0.39 is 23.1 Å². The van der Waals surface area contributed by atoms with Gasteiger partial charge in [-0.05, 0) is 6.92 Å². The molecule has 0 bridgehead atoms. The number of nitrogens with two attached hydrogens (primary N) is 1. The largest absolute Gasteiger partial charge is 0.435 e. The maximum Gasteiger partial charge on any atom is 0.435 e. The number of H-pyrrole nitrogens is 1. The predicted molar refractivity (Wildman–Crippen MR) is 39.0 cm³/mol. The molecular weight excluding hydrogens is 187 g/mol. The van der Waals surface area contributed by atoms with Gasteiger partial charge < -0.3 is 10.7 Å². The fraction of sp³-hybridized carbons (Fsp3) is 0.333. The number of alkyl halides is 3. The number of aromatic nitrogens is 2. The summed E-state index contributed by atoms with van der Waals surface area (Å²) < 4.78 is 36.3. The van der Waals surface area contributed by atoms with Gasteiger partial charge >= 0.3 is 6.18 Å². The van der Waals surface area contributed by atoms with Crippen molar-refractivity contribution in [3.8, 4) is 0 Å². The van der Waals surface area contributed by atoms with Crippen LogP contribution < -0.4 is 11.3 Å². The molecule has 13 heavy (non-hydrogen) atoms. The summed E-state index contributed by atoms with van der Waals surface area (Å²) >= 11 is 0. The van der Waals surface area contributed by atoms with Crippen molar-refractivity contribution in [2.75, 3.05) is 5.73 Å². The Morgan fingerprint density at radius 2 is 2.00 bits per heavy atom. The van der Waals surface area contributed by atoms with E-state index in [1.807, 2.05) is 0 Å². The third kappa shape index (κ3) is 1.79. The molecule has 0 unspecified atom stereocenters. The maximum atomic E-state index is 12.1. The lowest BCUT2D eigenvalue weighted by molar-refractivity contribution is -0.140. The average Bonchev–Trinajstić information content (AvgIpc) is 1.94. The molecule has 0 aliphatic heterocycles. The average molecular weight is 193 g/mol. The second-order valence-electron chi connectivity index (χ2n) is 2.41. The van der Waals surface area contributed by atoms with E-state index in [1.165, 1.54) is 6.92 Å². The third-order valence-electron chi connectivity index (χ3n) is 1.34. The maximum absolute atomic E-state index is 12.1. The van der Waals surface area contributed by atoms with Crippen LogP contribution in [0, 0.1) is 6.92 Å². The van der Waals surface area contributed by atoms with Gasteiger partial charge in [0.05, 0.1) is 0 Å². The van der Waals surface area contributed by atoms with E-state index >= 15 is 0 Å². The lowest BCUT2D eigenvalue weighted by atomic mass is 10.3. The van der Waals surface area contributed by atoms with Crippen molar-refractivity contribution in [2.45, 2.75) is 13.1 Å². The quantitative estimate of drug-likeness (QED) is 0.636. The normalized spacial score (nSPS) is 11.7. The van der Waals surface area contributed by atoms with E-state index in [0.29, 0.717) is 0 Å². The highest BCUT2D eigenvalue weighted by Crippen LogP contribution is 2.29. The van der Waals surface area contributed by atoms with Crippen LogP contribution in [0.1, 0.15) is 11.5 Å². The number of rotatable bonds is 0. The first-order chi connectivity index (χ1) is 5.82. The van der Waals surface area contributed by atoms with Crippen LogP contribution in [0.4, 0.5) is 18.9 Å². The van der Waals surface area contributed by atoms with Gasteiger partial charge in [0.1, 0.15) is 11.5 Å². The van der Waals surface area contributed by atoms with E-state index in [-0.39, 0.29) is 5.82 Å². The van der Waals surface area contributed by atoms with Gasteiger partial charge in [-0.25, -0.2) is 4.98 Å². The van der Waals surface area contributed by atoms with Crippen molar-refractivity contribution in [1.29, 1.82) is 0 Å². The summed E-state index contributed by atoms with van der Waals surface area (Å²) in [5, 5.41) is 0. The Morgan fingerprint density at radius 1 is 1.46 bits per heavy atom. The summed E-state index contributed by atoms with van der Waals surface area (Å²) in [4.78, 5) is 15.9. The topological polar surface area (TPSA) is 71.8 Å². The van der Waals surface area contributed by atoms with Crippen molar-refractivity contribution >= 4 is 5.69 Å². The highest BCUT2D eigenvalue weighted by molar-refractivity contribution is 5.41. The summed E-state index contributed by atoms with van der Waals surface area (Å²) in [6.07, 6.45) is -4.69. The summed E-state index contributed by atoms with van der Waals surface area (Å²) in [6, 6.07) is 0. The fourth-order valence-corrected chi connectivity index (χ4v) is 0.811. The Bertz CT molecular complexity index is 382. The molecule has 1 rings (SSSR count). The van der Waals surface area contributed by atoms with Crippen molar-refractivity contribution < 1.29 is 13.2 Å². The van der Waals surface area contributed by atoms with Crippen LogP contribution in [0.5, 0.6) is 0 Å². The number of anilines is 1. The van der Waals surface area contributed by atoms with Crippen molar-refractivity contribution in [3.05, 3.63) is 21.9 Å². The van der Waals surface area contributed by atoms with Crippen LogP contribution in [0.2, 0.25) is 0 Å². The lowest BCUT2D eigenvalue weighted by Crippen LogP contribution is -2.22. The zero-order valence-electron chi connectivity index (χ0n) is 6.57. The van der Waals surface area contributed by atoms with Gasteiger partial charge in [0, 0.05) is 0 Å². The van der Waals surface area contributed by atoms with Crippen molar-refractivity contribution in [1.82, 2.24) is 9.97 Å². The van der Waals surface area contributed by atoms with Crippen LogP contribution in [0.15, 0.2) is 4.79 Å². The van der Waals surface area contributed by atoms with Crippen molar-refractivity contribution in [3.63, 3.8) is 0 Å². The highest BCUT2D eigenvalue weighted by atomic mass is 19.4. The zero-order valence-corrected chi connectivity index (χ0v) is 6.57. The Balaban J connectivity index is 3.46. The molecule has 0 fully saturated rings. The molecule has 4 nitrogen and oxygen atoms in total. The fourth-order valence-electron chi connectivity index (χ4n) is 0.811. The number of aryl methyl sites for hydroxylation is 1. The number of hydrogen-bond acceptors (Lipinski definition) is 3. The monoisotopic (exact) mass is 193 g/mol. The molecule has 7 heteroatoms. The number of hydrogen-bond donors (Lipinski definition) is 2. The Labute approximate surface area is 70.6 Å². The molecule has 0 amide bonds. The van der Waals surface area contributed by atoms with Gasteiger partial charge in [0.15, 0.2) is 5.69 Å². The molecule has 0 radical (unpaired) electrons. The Kier molecular flexibility index (Phi) is 2.02. The van der Waals surface area contributed by atoms with Gasteiger partial charge in [-0.15, -0.1) is 0 Å². The van der Waals surface area contributed by atoms with Gasteiger partial charge in [-0.1, -0.05) is 0 Å². The van der Waals surface area contributed by atoms with Gasteiger partial charge in [0.25, 0.3) is 5.56 Å². The first kappa shape index (κ1) is 9.56. The van der Waals surface area contributed by atoms with E-state index in [2.05, 4.69) is 9.97 Å². The highest BCUT2D eigenvalue weighted by Gasteiger charge is 2.36.